The lowest BCUT2D eigenvalue weighted by atomic mass is 9.95. The topological polar surface area (TPSA) is 68.8 Å². The van der Waals surface area contributed by atoms with Crippen molar-refractivity contribution in [3.8, 4) is 11.5 Å². The molecule has 0 spiro atoms. The molecule has 0 aromatic heterocycles. The lowest BCUT2D eigenvalue weighted by Gasteiger charge is -2.29. The summed E-state index contributed by atoms with van der Waals surface area (Å²) in [6.07, 6.45) is 0. The number of benzene rings is 2. The lowest BCUT2D eigenvalue weighted by Crippen LogP contribution is -2.42. The van der Waals surface area contributed by atoms with Crippen LogP contribution in [0.2, 0.25) is 0 Å². The highest BCUT2D eigenvalue weighted by atomic mass is 19.1. The molecule has 2 rings (SSSR count). The average molecular weight is 362 g/mol. The van der Waals surface area contributed by atoms with Crippen LogP contribution in [0.1, 0.15) is 12.5 Å². The maximum Gasteiger partial charge on any atom is 0.319 e. The van der Waals surface area contributed by atoms with Gasteiger partial charge in [-0.15, -0.1) is 0 Å². The van der Waals surface area contributed by atoms with Crippen LogP contribution in [0.15, 0.2) is 42.5 Å². The van der Waals surface area contributed by atoms with Crippen LogP contribution in [-0.2, 0) is 10.3 Å². The Kier molecular flexibility index (Phi) is 6.41. The quantitative estimate of drug-likeness (QED) is 0.791. The van der Waals surface area contributed by atoms with Crippen LogP contribution in [0.25, 0.3) is 0 Å². The Bertz CT molecular complexity index is 769. The summed E-state index contributed by atoms with van der Waals surface area (Å²) in [6.45, 7) is 1.79. The average Bonchev–Trinajstić information content (AvgIpc) is 2.66. The van der Waals surface area contributed by atoms with Crippen molar-refractivity contribution in [3.05, 3.63) is 53.8 Å². The predicted molar refractivity (Wildman–Crippen MR) is 97.3 cm³/mol. The fraction of sp³-hybridized carbons (Fsp3) is 0.316. The number of amides is 2. The number of hydrogen-bond donors (Lipinski definition) is 2. The minimum absolute atomic E-state index is 0.0781. The number of carbonyl (C=O) groups is 1. The maximum absolute atomic E-state index is 14.1. The van der Waals surface area contributed by atoms with E-state index in [1.54, 1.807) is 50.4 Å². The molecule has 7 heteroatoms. The Morgan fingerprint density at radius 3 is 2.46 bits per heavy atom. The highest BCUT2D eigenvalue weighted by Crippen LogP contribution is 2.29. The Hall–Kier alpha value is -2.80. The third-order valence-electron chi connectivity index (χ3n) is 4.14. The van der Waals surface area contributed by atoms with Crippen LogP contribution in [0, 0.1) is 5.82 Å². The molecule has 2 aromatic rings. The number of methoxy groups -OCH3 is 3. The van der Waals surface area contributed by atoms with E-state index in [-0.39, 0.29) is 6.54 Å². The summed E-state index contributed by atoms with van der Waals surface area (Å²) >= 11 is 0. The van der Waals surface area contributed by atoms with Crippen molar-refractivity contribution in [2.75, 3.05) is 33.2 Å². The molecule has 1 atom stereocenters. The number of nitrogens with one attached hydrogen (secondary N) is 2. The van der Waals surface area contributed by atoms with Crippen LogP contribution in [-0.4, -0.2) is 33.9 Å². The molecule has 2 N–H and O–H groups in total. The normalized spacial score (nSPS) is 12.8. The van der Waals surface area contributed by atoms with Crippen molar-refractivity contribution in [3.63, 3.8) is 0 Å². The van der Waals surface area contributed by atoms with E-state index in [0.717, 1.165) is 0 Å². The molecule has 0 aliphatic rings. The summed E-state index contributed by atoms with van der Waals surface area (Å²) in [5.41, 5.74) is -0.159. The Morgan fingerprint density at radius 2 is 1.85 bits per heavy atom. The minimum Gasteiger partial charge on any atom is -0.497 e. The van der Waals surface area contributed by atoms with Gasteiger partial charge in [0.1, 0.15) is 22.9 Å². The summed E-state index contributed by atoms with van der Waals surface area (Å²) in [5.74, 6) is 0.679. The van der Waals surface area contributed by atoms with Crippen molar-refractivity contribution >= 4 is 11.7 Å². The molecule has 26 heavy (non-hydrogen) atoms. The van der Waals surface area contributed by atoms with Crippen LogP contribution in [0.5, 0.6) is 11.5 Å². The molecule has 0 bridgehead atoms. The zero-order valence-electron chi connectivity index (χ0n) is 15.3. The molecule has 0 heterocycles. The summed E-state index contributed by atoms with van der Waals surface area (Å²) in [5, 5.41) is 5.40. The summed E-state index contributed by atoms with van der Waals surface area (Å²) in [6, 6.07) is 10.9. The second kappa shape index (κ2) is 8.53. The van der Waals surface area contributed by atoms with Crippen LogP contribution < -0.4 is 20.1 Å². The van der Waals surface area contributed by atoms with Crippen molar-refractivity contribution in [2.45, 2.75) is 12.5 Å². The van der Waals surface area contributed by atoms with Gasteiger partial charge >= 0.3 is 6.03 Å². The first-order valence-electron chi connectivity index (χ1n) is 8.00. The third kappa shape index (κ3) is 4.43. The molecule has 2 amide bonds. The van der Waals surface area contributed by atoms with E-state index in [1.165, 1.54) is 20.3 Å². The summed E-state index contributed by atoms with van der Waals surface area (Å²) < 4.78 is 29.9. The second-order valence-electron chi connectivity index (χ2n) is 5.79. The van der Waals surface area contributed by atoms with Gasteiger partial charge in [0.2, 0.25) is 0 Å². The molecular formula is C19H23FN2O4. The van der Waals surface area contributed by atoms with Gasteiger partial charge in [0, 0.05) is 18.7 Å². The van der Waals surface area contributed by atoms with Crippen LogP contribution in [0.3, 0.4) is 0 Å². The molecule has 140 valence electrons. The minimum atomic E-state index is -1.01. The van der Waals surface area contributed by atoms with Crippen molar-refractivity contribution in [2.24, 2.45) is 0 Å². The van der Waals surface area contributed by atoms with Gasteiger partial charge in [0.25, 0.3) is 0 Å². The number of hydrogen-bond acceptors (Lipinski definition) is 4. The van der Waals surface area contributed by atoms with E-state index in [1.807, 2.05) is 0 Å². The van der Waals surface area contributed by atoms with E-state index in [9.17, 15) is 9.18 Å². The molecule has 0 aliphatic heterocycles. The number of halogens is 1. The standard InChI is InChI=1S/C19H23FN2O4/c1-19(26-4,14-7-5-6-8-15(14)20)12-21-18(23)22-16-10-9-13(24-2)11-17(16)25-3/h5-11H,12H2,1-4H3,(H2,21,22,23). The highest BCUT2D eigenvalue weighted by molar-refractivity contribution is 5.91. The zero-order valence-corrected chi connectivity index (χ0v) is 15.3. The van der Waals surface area contributed by atoms with Crippen molar-refractivity contribution < 1.29 is 23.4 Å². The number of urea groups is 1. The Morgan fingerprint density at radius 1 is 1.12 bits per heavy atom. The van der Waals surface area contributed by atoms with E-state index in [4.69, 9.17) is 14.2 Å². The van der Waals surface area contributed by atoms with Gasteiger partial charge in [0.15, 0.2) is 0 Å². The molecule has 2 aromatic carbocycles. The number of rotatable bonds is 7. The zero-order chi connectivity index (χ0) is 19.2. The van der Waals surface area contributed by atoms with Crippen molar-refractivity contribution in [1.82, 2.24) is 5.32 Å². The Balaban J connectivity index is 2.07. The third-order valence-corrected chi connectivity index (χ3v) is 4.14. The molecule has 0 aliphatic carbocycles. The van der Waals surface area contributed by atoms with Gasteiger partial charge in [-0.05, 0) is 25.1 Å². The fourth-order valence-corrected chi connectivity index (χ4v) is 2.48. The summed E-state index contributed by atoms with van der Waals surface area (Å²) in [4.78, 5) is 12.3. The van der Waals surface area contributed by atoms with E-state index >= 15 is 0 Å². The lowest BCUT2D eigenvalue weighted by molar-refractivity contribution is 0.00235. The van der Waals surface area contributed by atoms with Crippen LogP contribution >= 0.6 is 0 Å². The first kappa shape index (κ1) is 19.5. The first-order valence-corrected chi connectivity index (χ1v) is 8.00. The molecule has 0 radical (unpaired) electrons. The largest absolute Gasteiger partial charge is 0.497 e. The van der Waals surface area contributed by atoms with E-state index in [2.05, 4.69) is 10.6 Å². The summed E-state index contributed by atoms with van der Waals surface area (Å²) in [7, 11) is 4.51. The number of carbonyl (C=O) groups excluding carboxylic acids is 1. The van der Waals surface area contributed by atoms with Crippen LogP contribution in [0.4, 0.5) is 14.9 Å². The number of ether oxygens (including phenoxy) is 3. The first-order chi connectivity index (χ1) is 12.4. The van der Waals surface area contributed by atoms with Gasteiger partial charge in [0.05, 0.1) is 26.5 Å². The molecule has 0 saturated heterocycles. The van der Waals surface area contributed by atoms with E-state index < -0.39 is 17.4 Å². The predicted octanol–water partition coefficient (Wildman–Crippen LogP) is 3.53. The van der Waals surface area contributed by atoms with Gasteiger partial charge < -0.3 is 24.8 Å². The molecule has 0 fully saturated rings. The van der Waals surface area contributed by atoms with Gasteiger partial charge in [-0.3, -0.25) is 0 Å². The highest BCUT2D eigenvalue weighted by Gasteiger charge is 2.29. The molecule has 1 unspecified atom stereocenters. The molecule has 6 nitrogen and oxygen atoms in total. The van der Waals surface area contributed by atoms with E-state index in [0.29, 0.717) is 22.7 Å². The monoisotopic (exact) mass is 362 g/mol. The Labute approximate surface area is 152 Å². The second-order valence-corrected chi connectivity index (χ2v) is 5.79. The maximum atomic E-state index is 14.1. The van der Waals surface area contributed by atoms with Crippen molar-refractivity contribution in [1.29, 1.82) is 0 Å². The molecular weight excluding hydrogens is 339 g/mol. The van der Waals surface area contributed by atoms with Gasteiger partial charge in [-0.2, -0.15) is 0 Å². The fourth-order valence-electron chi connectivity index (χ4n) is 2.48. The van der Waals surface area contributed by atoms with Gasteiger partial charge in [-0.25, -0.2) is 9.18 Å². The molecule has 0 saturated carbocycles. The SMILES string of the molecule is COc1ccc(NC(=O)NCC(C)(OC)c2ccccc2F)c(OC)c1. The van der Waals surface area contributed by atoms with Gasteiger partial charge in [-0.1, -0.05) is 18.2 Å². The number of anilines is 1. The smallest absolute Gasteiger partial charge is 0.319 e.